The third-order valence-electron chi connectivity index (χ3n) is 4.08. The van der Waals surface area contributed by atoms with Crippen molar-refractivity contribution in [1.82, 2.24) is 0 Å². The zero-order valence-electron chi connectivity index (χ0n) is 15.7. The maximum Gasteiger partial charge on any atom is 0.236 e. The lowest BCUT2D eigenvalue weighted by atomic mass is 10.2. The highest BCUT2D eigenvalue weighted by Crippen LogP contribution is 2.29. The highest BCUT2D eigenvalue weighted by molar-refractivity contribution is 7.92. The Kier molecular flexibility index (Phi) is 6.55. The van der Waals surface area contributed by atoms with Crippen molar-refractivity contribution in [3.05, 3.63) is 84.4 Å². The summed E-state index contributed by atoms with van der Waals surface area (Å²) >= 11 is 0. The molecule has 146 valence electrons. The van der Waals surface area contributed by atoms with Crippen LogP contribution >= 0.6 is 0 Å². The van der Waals surface area contributed by atoms with Crippen molar-refractivity contribution in [2.45, 2.75) is 13.3 Å². The van der Waals surface area contributed by atoms with Gasteiger partial charge in [0.05, 0.1) is 5.69 Å². The van der Waals surface area contributed by atoms with E-state index in [-0.39, 0.29) is 12.4 Å². The molecule has 0 spiro atoms. The number of para-hydroxylation sites is 3. The lowest BCUT2D eigenvalue weighted by Gasteiger charge is -2.13. The summed E-state index contributed by atoms with van der Waals surface area (Å²) in [6.07, 6.45) is 0.947. The minimum Gasteiger partial charge on any atom is -0.492 e. The fraction of sp³-hybridized carbons (Fsp3) is 0.182. The molecule has 0 unspecified atom stereocenters. The summed E-state index contributed by atoms with van der Waals surface area (Å²) in [7, 11) is -3.59. The third-order valence-corrected chi connectivity index (χ3v) is 5.31. The lowest BCUT2D eigenvalue weighted by molar-refractivity contribution is 0.341. The number of nitrogens with one attached hydrogen (secondary N) is 1. The first kappa shape index (κ1) is 19.8. The Balaban J connectivity index is 1.60. The van der Waals surface area contributed by atoms with Crippen LogP contribution in [0.15, 0.2) is 78.9 Å². The molecule has 0 amide bonds. The fourth-order valence-corrected chi connectivity index (χ4v) is 3.47. The van der Waals surface area contributed by atoms with Gasteiger partial charge < -0.3 is 9.47 Å². The summed E-state index contributed by atoms with van der Waals surface area (Å²) in [4.78, 5) is 0. The monoisotopic (exact) mass is 397 g/mol. The predicted molar refractivity (Wildman–Crippen MR) is 112 cm³/mol. The number of hydrogen-bond acceptors (Lipinski definition) is 4. The van der Waals surface area contributed by atoms with Crippen LogP contribution in [0.3, 0.4) is 0 Å². The fourth-order valence-electron chi connectivity index (χ4n) is 2.56. The van der Waals surface area contributed by atoms with E-state index in [4.69, 9.17) is 9.47 Å². The standard InChI is InChI=1S/C22H23NO4S/c1-2-18-12-14-19(15-13-18)26-16-17-28(24,25)23-21-10-6-7-11-22(21)27-20-8-4-3-5-9-20/h3-15,23H,2,16-17H2,1H3. The second-order valence-corrected chi connectivity index (χ2v) is 8.02. The van der Waals surface area contributed by atoms with E-state index < -0.39 is 10.0 Å². The molecule has 5 nitrogen and oxygen atoms in total. The first-order valence-electron chi connectivity index (χ1n) is 9.10. The van der Waals surface area contributed by atoms with Crippen LogP contribution in [0.4, 0.5) is 5.69 Å². The van der Waals surface area contributed by atoms with Crippen LogP contribution in [0, 0.1) is 0 Å². The van der Waals surface area contributed by atoms with Crippen molar-refractivity contribution in [2.75, 3.05) is 17.1 Å². The Labute approximate surface area is 166 Å². The second kappa shape index (κ2) is 9.28. The molecule has 0 aliphatic heterocycles. The molecule has 3 aromatic rings. The number of benzene rings is 3. The normalized spacial score (nSPS) is 11.0. The molecule has 3 rings (SSSR count). The van der Waals surface area contributed by atoms with Gasteiger partial charge in [0.2, 0.25) is 10.0 Å². The highest BCUT2D eigenvalue weighted by atomic mass is 32.2. The Morgan fingerprint density at radius 3 is 2.21 bits per heavy atom. The zero-order valence-corrected chi connectivity index (χ0v) is 16.5. The van der Waals surface area contributed by atoms with Crippen LogP contribution in [0.1, 0.15) is 12.5 Å². The smallest absolute Gasteiger partial charge is 0.236 e. The van der Waals surface area contributed by atoms with E-state index in [0.717, 1.165) is 6.42 Å². The van der Waals surface area contributed by atoms with Crippen LogP contribution in [-0.4, -0.2) is 20.8 Å². The summed E-state index contributed by atoms with van der Waals surface area (Å²) in [6, 6.07) is 23.8. The minimum atomic E-state index is -3.59. The Morgan fingerprint density at radius 1 is 0.821 bits per heavy atom. The molecular weight excluding hydrogens is 374 g/mol. The van der Waals surface area contributed by atoms with Crippen LogP contribution in [0.2, 0.25) is 0 Å². The maximum atomic E-state index is 12.4. The summed E-state index contributed by atoms with van der Waals surface area (Å²) < 4.78 is 38.8. The average molecular weight is 397 g/mol. The zero-order chi connectivity index (χ0) is 19.8. The van der Waals surface area contributed by atoms with Gasteiger partial charge in [0.1, 0.15) is 23.9 Å². The SMILES string of the molecule is CCc1ccc(OCCS(=O)(=O)Nc2ccccc2Oc2ccccc2)cc1. The summed E-state index contributed by atoms with van der Waals surface area (Å²) in [5, 5.41) is 0. The molecule has 0 atom stereocenters. The Bertz CT molecular complexity index is 987. The van der Waals surface area contributed by atoms with Gasteiger partial charge in [0.15, 0.2) is 5.75 Å². The van der Waals surface area contributed by atoms with E-state index in [1.165, 1.54) is 5.56 Å². The molecule has 0 saturated carbocycles. The van der Waals surface area contributed by atoms with Gasteiger partial charge in [0.25, 0.3) is 0 Å². The number of rotatable bonds is 9. The van der Waals surface area contributed by atoms with Gasteiger partial charge in [0, 0.05) is 0 Å². The van der Waals surface area contributed by atoms with Gasteiger partial charge in [-0.1, -0.05) is 49.4 Å². The third kappa shape index (κ3) is 5.76. The van der Waals surface area contributed by atoms with E-state index >= 15 is 0 Å². The molecule has 0 fully saturated rings. The second-order valence-electron chi connectivity index (χ2n) is 6.18. The molecule has 0 heterocycles. The van der Waals surface area contributed by atoms with Crippen LogP contribution in [-0.2, 0) is 16.4 Å². The van der Waals surface area contributed by atoms with Gasteiger partial charge in [-0.25, -0.2) is 8.42 Å². The van der Waals surface area contributed by atoms with E-state index in [1.54, 1.807) is 24.3 Å². The number of anilines is 1. The van der Waals surface area contributed by atoms with Crippen LogP contribution in [0.5, 0.6) is 17.2 Å². The molecule has 0 aromatic heterocycles. The molecule has 3 aromatic carbocycles. The van der Waals surface area contributed by atoms with Crippen molar-refractivity contribution < 1.29 is 17.9 Å². The first-order valence-corrected chi connectivity index (χ1v) is 10.7. The molecule has 6 heteroatoms. The molecule has 0 radical (unpaired) electrons. The number of sulfonamides is 1. The van der Waals surface area contributed by atoms with E-state index in [1.807, 2.05) is 54.6 Å². The molecular formula is C22H23NO4S. The van der Waals surface area contributed by atoms with Gasteiger partial charge >= 0.3 is 0 Å². The number of hydrogen-bond donors (Lipinski definition) is 1. The molecule has 0 saturated heterocycles. The first-order chi connectivity index (χ1) is 13.6. The van der Waals surface area contributed by atoms with E-state index in [2.05, 4.69) is 11.6 Å². The average Bonchev–Trinajstić information content (AvgIpc) is 2.70. The van der Waals surface area contributed by atoms with E-state index in [0.29, 0.717) is 22.9 Å². The highest BCUT2D eigenvalue weighted by Gasteiger charge is 2.14. The van der Waals surface area contributed by atoms with Crippen molar-refractivity contribution in [1.29, 1.82) is 0 Å². The molecule has 1 N–H and O–H groups in total. The predicted octanol–water partition coefficient (Wildman–Crippen LogP) is 4.86. The van der Waals surface area contributed by atoms with Gasteiger partial charge in [-0.15, -0.1) is 0 Å². The lowest BCUT2D eigenvalue weighted by Crippen LogP contribution is -2.21. The van der Waals surface area contributed by atoms with Gasteiger partial charge in [-0.3, -0.25) is 4.72 Å². The van der Waals surface area contributed by atoms with Gasteiger partial charge in [-0.05, 0) is 48.4 Å². The summed E-state index contributed by atoms with van der Waals surface area (Å²) in [6.45, 7) is 2.13. The molecule has 0 bridgehead atoms. The maximum absolute atomic E-state index is 12.4. The van der Waals surface area contributed by atoms with Crippen molar-refractivity contribution in [3.63, 3.8) is 0 Å². The van der Waals surface area contributed by atoms with Crippen LogP contribution in [0.25, 0.3) is 0 Å². The molecule has 0 aliphatic carbocycles. The van der Waals surface area contributed by atoms with E-state index in [9.17, 15) is 8.42 Å². The number of aryl methyl sites for hydroxylation is 1. The summed E-state index contributed by atoms with van der Waals surface area (Å²) in [5.74, 6) is 1.56. The Hall–Kier alpha value is -2.99. The van der Waals surface area contributed by atoms with Crippen molar-refractivity contribution in [3.8, 4) is 17.2 Å². The molecule has 28 heavy (non-hydrogen) atoms. The Morgan fingerprint density at radius 2 is 1.50 bits per heavy atom. The number of ether oxygens (including phenoxy) is 2. The van der Waals surface area contributed by atoms with Crippen molar-refractivity contribution >= 4 is 15.7 Å². The largest absolute Gasteiger partial charge is 0.492 e. The molecule has 0 aliphatic rings. The topological polar surface area (TPSA) is 64.6 Å². The summed E-state index contributed by atoms with van der Waals surface area (Å²) in [5.41, 5.74) is 1.59. The van der Waals surface area contributed by atoms with Crippen molar-refractivity contribution in [2.24, 2.45) is 0 Å². The quantitative estimate of drug-likeness (QED) is 0.560. The minimum absolute atomic E-state index is 0.0580. The van der Waals surface area contributed by atoms with Crippen LogP contribution < -0.4 is 14.2 Å². The van der Waals surface area contributed by atoms with Gasteiger partial charge in [-0.2, -0.15) is 0 Å².